The van der Waals surface area contributed by atoms with Crippen LogP contribution < -0.4 is 16.8 Å². The van der Waals surface area contributed by atoms with E-state index in [2.05, 4.69) is 5.32 Å². The van der Waals surface area contributed by atoms with Gasteiger partial charge in [0.1, 0.15) is 9.88 Å². The number of anilines is 3. The van der Waals surface area contributed by atoms with Crippen LogP contribution in [0.15, 0.2) is 54.6 Å². The molecule has 6 heteroatoms. The Morgan fingerprint density at radius 2 is 1.64 bits per heavy atom. The fraction of sp³-hybridized carbons (Fsp3) is 0.0526. The molecule has 2 aromatic carbocycles. The average Bonchev–Trinajstić information content (AvgIpc) is 2.93. The van der Waals surface area contributed by atoms with Crippen LogP contribution in [0.25, 0.3) is 0 Å². The number of benzene rings is 2. The van der Waals surface area contributed by atoms with Crippen molar-refractivity contribution in [1.82, 2.24) is 0 Å². The molecule has 0 aliphatic rings. The van der Waals surface area contributed by atoms with Crippen molar-refractivity contribution in [2.24, 2.45) is 5.73 Å². The van der Waals surface area contributed by atoms with Crippen LogP contribution in [0.2, 0.25) is 0 Å². The van der Waals surface area contributed by atoms with E-state index >= 15 is 0 Å². The quantitative estimate of drug-likeness (QED) is 0.610. The summed E-state index contributed by atoms with van der Waals surface area (Å²) in [6.45, 7) is 1.94. The number of nitrogens with one attached hydrogen (secondary N) is 1. The molecule has 0 atom stereocenters. The van der Waals surface area contributed by atoms with Gasteiger partial charge in [-0.15, -0.1) is 11.3 Å². The van der Waals surface area contributed by atoms with Gasteiger partial charge in [-0.1, -0.05) is 48.5 Å². The first-order valence-corrected chi connectivity index (χ1v) is 8.45. The van der Waals surface area contributed by atoms with E-state index in [9.17, 15) is 9.59 Å². The van der Waals surface area contributed by atoms with Crippen molar-refractivity contribution in [3.63, 3.8) is 0 Å². The molecule has 0 spiro atoms. The number of carbonyl (C=O) groups excluding carboxylic acids is 2. The lowest BCUT2D eigenvalue weighted by Crippen LogP contribution is -2.14. The van der Waals surface area contributed by atoms with Crippen molar-refractivity contribution in [2.45, 2.75) is 6.92 Å². The average molecular weight is 351 g/mol. The fourth-order valence-corrected chi connectivity index (χ4v) is 3.60. The molecular formula is C19H17N3O2S. The van der Waals surface area contributed by atoms with E-state index in [-0.39, 0.29) is 17.0 Å². The monoisotopic (exact) mass is 351 g/mol. The van der Waals surface area contributed by atoms with Crippen LogP contribution >= 0.6 is 11.3 Å². The molecule has 0 fully saturated rings. The number of rotatable bonds is 5. The summed E-state index contributed by atoms with van der Waals surface area (Å²) in [6.07, 6.45) is 0. The number of amides is 1. The third kappa shape index (κ3) is 3.25. The van der Waals surface area contributed by atoms with Crippen molar-refractivity contribution in [3.05, 3.63) is 76.2 Å². The Kier molecular flexibility index (Phi) is 4.54. The van der Waals surface area contributed by atoms with E-state index in [1.807, 2.05) is 37.3 Å². The number of carbonyl (C=O) groups is 2. The van der Waals surface area contributed by atoms with Crippen LogP contribution in [-0.2, 0) is 0 Å². The highest BCUT2D eigenvalue weighted by Gasteiger charge is 2.25. The number of nitrogens with two attached hydrogens (primary N) is 2. The smallest absolute Gasteiger partial charge is 0.253 e. The Labute approximate surface area is 149 Å². The molecule has 3 rings (SSSR count). The second kappa shape index (κ2) is 6.78. The van der Waals surface area contributed by atoms with Gasteiger partial charge in [-0.2, -0.15) is 0 Å². The van der Waals surface area contributed by atoms with Crippen molar-refractivity contribution < 1.29 is 9.59 Å². The van der Waals surface area contributed by atoms with Gasteiger partial charge in [0.2, 0.25) is 5.78 Å². The molecule has 0 unspecified atom stereocenters. The molecule has 0 aliphatic carbocycles. The van der Waals surface area contributed by atoms with Gasteiger partial charge in [0.25, 0.3) is 5.91 Å². The van der Waals surface area contributed by atoms with Crippen LogP contribution in [0.1, 0.15) is 31.2 Å². The molecular weight excluding hydrogens is 334 g/mol. The number of nitrogen functional groups attached to an aromatic ring is 1. The minimum absolute atomic E-state index is 0.113. The molecule has 0 bridgehead atoms. The highest BCUT2D eigenvalue weighted by atomic mass is 32.1. The normalized spacial score (nSPS) is 10.4. The Hall–Kier alpha value is -3.12. The van der Waals surface area contributed by atoms with Crippen LogP contribution in [0.3, 0.4) is 0 Å². The largest absolute Gasteiger partial charge is 0.397 e. The van der Waals surface area contributed by atoms with Crippen LogP contribution in [0, 0.1) is 6.92 Å². The van der Waals surface area contributed by atoms with Crippen molar-refractivity contribution in [1.29, 1.82) is 0 Å². The van der Waals surface area contributed by atoms with Crippen LogP contribution in [-0.4, -0.2) is 11.7 Å². The molecule has 25 heavy (non-hydrogen) atoms. The maximum Gasteiger partial charge on any atom is 0.253 e. The maximum atomic E-state index is 12.7. The van der Waals surface area contributed by atoms with E-state index in [0.717, 1.165) is 22.6 Å². The molecule has 1 aromatic heterocycles. The van der Waals surface area contributed by atoms with Gasteiger partial charge >= 0.3 is 0 Å². The summed E-state index contributed by atoms with van der Waals surface area (Å²) in [6, 6.07) is 16.4. The Morgan fingerprint density at radius 1 is 1.00 bits per heavy atom. The van der Waals surface area contributed by atoms with E-state index in [4.69, 9.17) is 11.5 Å². The first kappa shape index (κ1) is 16.7. The zero-order valence-corrected chi connectivity index (χ0v) is 14.4. The number of ketones is 1. The zero-order chi connectivity index (χ0) is 18.0. The van der Waals surface area contributed by atoms with Crippen LogP contribution in [0.4, 0.5) is 16.4 Å². The van der Waals surface area contributed by atoms with Crippen molar-refractivity contribution in [3.8, 4) is 0 Å². The summed E-state index contributed by atoms with van der Waals surface area (Å²) >= 11 is 1.13. The van der Waals surface area contributed by atoms with Gasteiger partial charge in [0.15, 0.2) is 0 Å². The molecule has 5 N–H and O–H groups in total. The standard InChI is InChI=1S/C19H17N3O2S/c1-11-7-5-6-10-13(11)22-19-14(18(21)24)15(20)17(25-19)16(23)12-8-3-2-4-9-12/h2-10,22H,20H2,1H3,(H2,21,24). The van der Waals surface area contributed by atoms with Gasteiger partial charge in [0, 0.05) is 11.3 Å². The summed E-state index contributed by atoms with van der Waals surface area (Å²) in [5, 5.41) is 3.65. The molecule has 0 aliphatic heterocycles. The van der Waals surface area contributed by atoms with Gasteiger partial charge < -0.3 is 16.8 Å². The lowest BCUT2D eigenvalue weighted by molar-refractivity contribution is 0.100. The fourth-order valence-electron chi connectivity index (χ4n) is 2.50. The molecule has 1 heterocycles. The second-order valence-corrected chi connectivity index (χ2v) is 6.57. The highest BCUT2D eigenvalue weighted by Crippen LogP contribution is 2.38. The van der Waals surface area contributed by atoms with E-state index in [1.165, 1.54) is 0 Å². The van der Waals surface area contributed by atoms with Gasteiger partial charge in [-0.3, -0.25) is 9.59 Å². The Bertz CT molecular complexity index is 949. The third-order valence-corrected chi connectivity index (χ3v) is 4.95. The summed E-state index contributed by atoms with van der Waals surface area (Å²) in [7, 11) is 0. The number of thiophene rings is 1. The minimum Gasteiger partial charge on any atom is -0.397 e. The molecule has 5 nitrogen and oxygen atoms in total. The predicted octanol–water partition coefficient (Wildman–Crippen LogP) is 3.71. The number of para-hydroxylation sites is 1. The summed E-state index contributed by atoms with van der Waals surface area (Å²) in [5.41, 5.74) is 14.2. The summed E-state index contributed by atoms with van der Waals surface area (Å²) in [4.78, 5) is 24.9. The topological polar surface area (TPSA) is 98.2 Å². The molecule has 0 radical (unpaired) electrons. The zero-order valence-electron chi connectivity index (χ0n) is 13.6. The summed E-state index contributed by atoms with van der Waals surface area (Å²) < 4.78 is 0. The van der Waals surface area contributed by atoms with Crippen molar-refractivity contribution in [2.75, 3.05) is 11.1 Å². The van der Waals surface area contributed by atoms with Crippen LogP contribution in [0.5, 0.6) is 0 Å². The number of hydrogen-bond donors (Lipinski definition) is 3. The molecule has 3 aromatic rings. The number of hydrogen-bond acceptors (Lipinski definition) is 5. The van der Waals surface area contributed by atoms with Gasteiger partial charge in [-0.05, 0) is 18.6 Å². The number of aryl methyl sites for hydroxylation is 1. The van der Waals surface area contributed by atoms with E-state index < -0.39 is 5.91 Å². The van der Waals surface area contributed by atoms with Crippen molar-refractivity contribution >= 4 is 39.4 Å². The first-order chi connectivity index (χ1) is 12.0. The van der Waals surface area contributed by atoms with Gasteiger partial charge in [-0.25, -0.2) is 0 Å². The highest BCUT2D eigenvalue weighted by molar-refractivity contribution is 7.19. The van der Waals surface area contributed by atoms with E-state index in [0.29, 0.717) is 15.4 Å². The van der Waals surface area contributed by atoms with Gasteiger partial charge in [0.05, 0.1) is 11.3 Å². The molecule has 0 saturated carbocycles. The Balaban J connectivity index is 2.06. The van der Waals surface area contributed by atoms with E-state index in [1.54, 1.807) is 24.3 Å². The number of primary amides is 1. The first-order valence-electron chi connectivity index (χ1n) is 7.63. The minimum atomic E-state index is -0.669. The lowest BCUT2D eigenvalue weighted by Gasteiger charge is -2.08. The molecule has 1 amide bonds. The Morgan fingerprint density at radius 3 is 2.28 bits per heavy atom. The predicted molar refractivity (Wildman–Crippen MR) is 102 cm³/mol. The maximum absolute atomic E-state index is 12.7. The third-order valence-electron chi connectivity index (χ3n) is 3.83. The second-order valence-electron chi connectivity index (χ2n) is 5.55. The SMILES string of the molecule is Cc1ccccc1Nc1sc(C(=O)c2ccccc2)c(N)c1C(N)=O. The molecule has 0 saturated heterocycles. The molecule has 126 valence electrons. The summed E-state index contributed by atoms with van der Waals surface area (Å²) in [5.74, 6) is -0.902. The lowest BCUT2D eigenvalue weighted by atomic mass is 10.1.